The highest BCUT2D eigenvalue weighted by Crippen LogP contribution is 2.41. The molecule has 10 heteroatoms. The number of rotatable bonds is 6. The number of halogens is 2. The van der Waals surface area contributed by atoms with Crippen LogP contribution in [0.1, 0.15) is 27.2 Å². The van der Waals surface area contributed by atoms with Crippen LogP contribution in [-0.4, -0.2) is 38.3 Å². The predicted octanol–water partition coefficient (Wildman–Crippen LogP) is 4.30. The minimum Gasteiger partial charge on any atom is -0.361 e. The third kappa shape index (κ3) is 4.33. The van der Waals surface area contributed by atoms with Crippen molar-refractivity contribution < 1.29 is 14.0 Å². The average molecular weight is 491 g/mol. The third-order valence-electron chi connectivity index (χ3n) is 5.87. The Labute approximate surface area is 204 Å². The molecule has 0 aliphatic carbocycles. The molecule has 0 radical (unpaired) electrons. The van der Waals surface area contributed by atoms with E-state index < -0.39 is 5.82 Å². The molecule has 2 aromatic heterocycles. The summed E-state index contributed by atoms with van der Waals surface area (Å²) in [5.41, 5.74) is 5.01. The second-order valence-electron chi connectivity index (χ2n) is 8.03. The van der Waals surface area contributed by atoms with Crippen molar-refractivity contribution in [2.45, 2.75) is 13.5 Å². The Balaban J connectivity index is 1.44. The monoisotopic (exact) mass is 490 g/mol. The molecule has 0 saturated carbocycles. The molecule has 5 rings (SSSR count). The summed E-state index contributed by atoms with van der Waals surface area (Å²) in [5.74, 6) is -1.02. The summed E-state index contributed by atoms with van der Waals surface area (Å²) in [6.07, 6.45) is 6.63. The molecule has 4 aromatic rings. The van der Waals surface area contributed by atoms with Crippen LogP contribution in [0.25, 0.3) is 22.8 Å². The second kappa shape index (κ2) is 9.19. The first-order valence-electron chi connectivity index (χ1n) is 10.8. The molecule has 0 spiro atoms. The van der Waals surface area contributed by atoms with E-state index in [0.29, 0.717) is 52.3 Å². The highest BCUT2D eigenvalue weighted by molar-refractivity contribution is 6.36. The molecular formula is C25H20ClFN6O2. The molecule has 3 heterocycles. The van der Waals surface area contributed by atoms with E-state index in [1.165, 1.54) is 12.1 Å². The van der Waals surface area contributed by atoms with Gasteiger partial charge in [0.15, 0.2) is 0 Å². The smallest absolute Gasteiger partial charge is 0.256 e. The fourth-order valence-corrected chi connectivity index (χ4v) is 4.25. The lowest BCUT2D eigenvalue weighted by atomic mass is 9.94. The number of nitrogens with zero attached hydrogens (tertiary/aromatic N) is 3. The molecule has 35 heavy (non-hydrogen) atoms. The van der Waals surface area contributed by atoms with Crippen molar-refractivity contribution in [2.24, 2.45) is 0 Å². The van der Waals surface area contributed by atoms with Gasteiger partial charge in [0.1, 0.15) is 5.82 Å². The second-order valence-corrected chi connectivity index (χ2v) is 8.44. The van der Waals surface area contributed by atoms with E-state index in [-0.39, 0.29) is 16.8 Å². The Morgan fingerprint density at radius 1 is 1.29 bits per heavy atom. The number of nitrogens with one attached hydrogen (secondary N) is 3. The average Bonchev–Trinajstić information content (AvgIpc) is 3.56. The molecule has 176 valence electrons. The molecule has 2 amide bonds. The number of carbonyl (C=O) groups excluding carboxylic acids is 2. The lowest BCUT2D eigenvalue weighted by Gasteiger charge is -2.09. The standard InChI is InChI=1S/C25H20ClFN6O2/c1-14-18(24(34)28-7-9-33-10-8-30-32-33)13-29-22(14)12-17-23-16(3-2-4-21(23)31-25(17)35)15-5-6-20(27)19(26)11-15/h2-6,8,10-13,29H,7,9H2,1H3,(H,28,34)(H,31,35)/b17-12-. The van der Waals surface area contributed by atoms with Gasteiger partial charge in [0.2, 0.25) is 0 Å². The first kappa shape index (κ1) is 22.5. The van der Waals surface area contributed by atoms with Crippen molar-refractivity contribution in [3.8, 4) is 11.1 Å². The number of carbonyl (C=O) groups is 2. The van der Waals surface area contributed by atoms with Crippen LogP contribution in [-0.2, 0) is 11.3 Å². The van der Waals surface area contributed by atoms with E-state index >= 15 is 0 Å². The van der Waals surface area contributed by atoms with Crippen molar-refractivity contribution in [3.05, 3.63) is 88.2 Å². The number of anilines is 1. The van der Waals surface area contributed by atoms with Gasteiger partial charge in [-0.1, -0.05) is 35.0 Å². The summed E-state index contributed by atoms with van der Waals surface area (Å²) in [4.78, 5) is 28.7. The summed E-state index contributed by atoms with van der Waals surface area (Å²) >= 11 is 6.00. The maximum atomic E-state index is 13.7. The van der Waals surface area contributed by atoms with Gasteiger partial charge in [0, 0.05) is 35.9 Å². The van der Waals surface area contributed by atoms with Gasteiger partial charge in [-0.15, -0.1) is 5.10 Å². The number of aromatic amines is 1. The molecule has 1 aliphatic heterocycles. The molecular weight excluding hydrogens is 471 g/mol. The van der Waals surface area contributed by atoms with Gasteiger partial charge in [0.25, 0.3) is 11.8 Å². The molecule has 1 aliphatic rings. The van der Waals surface area contributed by atoms with Gasteiger partial charge in [-0.25, -0.2) is 4.39 Å². The van der Waals surface area contributed by atoms with Crippen molar-refractivity contribution in [2.75, 3.05) is 11.9 Å². The van der Waals surface area contributed by atoms with Crippen molar-refractivity contribution in [1.29, 1.82) is 0 Å². The summed E-state index contributed by atoms with van der Waals surface area (Å²) < 4.78 is 15.3. The van der Waals surface area contributed by atoms with Crippen molar-refractivity contribution >= 4 is 40.8 Å². The Bertz CT molecular complexity index is 1480. The number of hydrogen-bond acceptors (Lipinski definition) is 4. The Kier molecular flexibility index (Phi) is 5.92. The van der Waals surface area contributed by atoms with E-state index in [0.717, 1.165) is 5.56 Å². The van der Waals surface area contributed by atoms with Crippen molar-refractivity contribution in [3.63, 3.8) is 0 Å². The Morgan fingerprint density at radius 2 is 2.14 bits per heavy atom. The largest absolute Gasteiger partial charge is 0.361 e. The number of hydrogen-bond donors (Lipinski definition) is 3. The molecule has 0 bridgehead atoms. The third-order valence-corrected chi connectivity index (χ3v) is 6.16. The maximum absolute atomic E-state index is 13.7. The van der Waals surface area contributed by atoms with Crippen LogP contribution in [0.5, 0.6) is 0 Å². The highest BCUT2D eigenvalue weighted by atomic mass is 35.5. The molecule has 8 nitrogen and oxygen atoms in total. The number of H-pyrrole nitrogens is 1. The quantitative estimate of drug-likeness (QED) is 0.350. The normalized spacial score (nSPS) is 13.7. The Morgan fingerprint density at radius 3 is 2.91 bits per heavy atom. The lowest BCUT2D eigenvalue weighted by Crippen LogP contribution is -2.27. The van der Waals surface area contributed by atoms with Gasteiger partial charge in [-0.3, -0.25) is 14.3 Å². The van der Waals surface area contributed by atoms with Gasteiger partial charge < -0.3 is 15.6 Å². The van der Waals surface area contributed by atoms with Crippen LogP contribution in [0, 0.1) is 12.7 Å². The van der Waals surface area contributed by atoms with Crippen LogP contribution in [0.2, 0.25) is 5.02 Å². The summed E-state index contributed by atoms with van der Waals surface area (Å²) in [7, 11) is 0. The van der Waals surface area contributed by atoms with Gasteiger partial charge in [0.05, 0.1) is 28.9 Å². The maximum Gasteiger partial charge on any atom is 0.256 e. The molecule has 3 N–H and O–H groups in total. The SMILES string of the molecule is Cc1c(C(=O)NCCn2ccnn2)c[nH]c1/C=C1\C(=O)Nc2cccc(-c3ccc(F)c(Cl)c3)c21. The molecule has 0 unspecified atom stereocenters. The van der Waals surface area contributed by atoms with Gasteiger partial charge >= 0.3 is 0 Å². The van der Waals surface area contributed by atoms with E-state index in [4.69, 9.17) is 11.6 Å². The van der Waals surface area contributed by atoms with Crippen molar-refractivity contribution in [1.82, 2.24) is 25.3 Å². The molecule has 0 fully saturated rings. The van der Waals surface area contributed by atoms with E-state index in [2.05, 4.69) is 25.9 Å². The van der Waals surface area contributed by atoms with E-state index in [1.54, 1.807) is 41.5 Å². The Hall–Kier alpha value is -4.24. The first-order chi connectivity index (χ1) is 16.9. The number of amides is 2. The van der Waals surface area contributed by atoms with Crippen LogP contribution < -0.4 is 10.6 Å². The van der Waals surface area contributed by atoms with Gasteiger partial charge in [-0.05, 0) is 47.9 Å². The van der Waals surface area contributed by atoms with Gasteiger partial charge in [-0.2, -0.15) is 0 Å². The first-order valence-corrected chi connectivity index (χ1v) is 11.2. The van der Waals surface area contributed by atoms with Crippen LogP contribution >= 0.6 is 11.6 Å². The molecule has 0 saturated heterocycles. The predicted molar refractivity (Wildman–Crippen MR) is 131 cm³/mol. The summed E-state index contributed by atoms with van der Waals surface area (Å²) in [6, 6.07) is 9.93. The zero-order valence-corrected chi connectivity index (χ0v) is 19.4. The van der Waals surface area contributed by atoms with E-state index in [9.17, 15) is 14.0 Å². The summed E-state index contributed by atoms with van der Waals surface area (Å²) in [5, 5.41) is 13.3. The van der Waals surface area contributed by atoms with E-state index in [1.807, 2.05) is 19.1 Å². The van der Waals surface area contributed by atoms with Crippen LogP contribution in [0.15, 0.2) is 55.0 Å². The molecule has 0 atom stereocenters. The topological polar surface area (TPSA) is 105 Å². The number of fused-ring (bicyclic) bond motifs is 1. The number of aromatic nitrogens is 4. The fourth-order valence-electron chi connectivity index (χ4n) is 4.06. The fraction of sp³-hybridized carbons (Fsp3) is 0.120. The minimum atomic E-state index is -0.512. The zero-order valence-electron chi connectivity index (χ0n) is 18.6. The highest BCUT2D eigenvalue weighted by Gasteiger charge is 2.28. The van der Waals surface area contributed by atoms with Crippen LogP contribution in [0.3, 0.4) is 0 Å². The lowest BCUT2D eigenvalue weighted by molar-refractivity contribution is -0.110. The van der Waals surface area contributed by atoms with Crippen LogP contribution in [0.4, 0.5) is 10.1 Å². The molecule has 2 aromatic carbocycles. The minimum absolute atomic E-state index is 0.00241. The summed E-state index contributed by atoms with van der Waals surface area (Å²) in [6.45, 7) is 2.70. The number of benzene rings is 2. The zero-order chi connectivity index (χ0) is 24.5.